The van der Waals surface area contributed by atoms with E-state index in [1.54, 1.807) is 6.07 Å². The second-order valence-electron chi connectivity index (χ2n) is 8.14. The van der Waals surface area contributed by atoms with Crippen molar-refractivity contribution in [1.29, 1.82) is 0 Å². The summed E-state index contributed by atoms with van der Waals surface area (Å²) in [5.41, 5.74) is 0.468. The second-order valence-corrected chi connectivity index (χ2v) is 9.09. The molecule has 4 aromatic rings. The van der Waals surface area contributed by atoms with Crippen molar-refractivity contribution in [1.82, 2.24) is 20.1 Å². The minimum atomic E-state index is -4.70. The van der Waals surface area contributed by atoms with Crippen molar-refractivity contribution < 1.29 is 27.2 Å². The summed E-state index contributed by atoms with van der Waals surface area (Å²) < 4.78 is 55.0. The lowest BCUT2D eigenvalue weighted by Crippen LogP contribution is -2.27. The summed E-state index contributed by atoms with van der Waals surface area (Å²) in [6.07, 6.45) is -4.70. The molecule has 4 rings (SSSR count). The van der Waals surface area contributed by atoms with E-state index < -0.39 is 29.0 Å². The number of thioether (sulfide) groups is 1. The smallest absolute Gasteiger partial charge is 0.345 e. The topological polar surface area (TPSA) is 88.9 Å². The molecule has 0 spiro atoms. The number of amides is 2. The highest BCUT2D eigenvalue weighted by Crippen LogP contribution is 2.32. The summed E-state index contributed by atoms with van der Waals surface area (Å²) in [7, 11) is 0. The third kappa shape index (κ3) is 6.57. The molecule has 1 heterocycles. The van der Waals surface area contributed by atoms with Crippen LogP contribution in [0.1, 0.15) is 27.3 Å². The predicted octanol–water partition coefficient (Wildman–Crippen LogP) is 5.39. The highest BCUT2D eigenvalue weighted by atomic mass is 32.2. The SMILES string of the molecule is Cc1cccc(NC(=O)CSc2nnc(CNC(=O)c3ccccc3C(F)(F)F)n2-c2ccc(F)cc2)c1. The first-order valence-electron chi connectivity index (χ1n) is 11.3. The normalized spacial score (nSPS) is 11.3. The van der Waals surface area contributed by atoms with Gasteiger partial charge in [-0.1, -0.05) is 36.0 Å². The van der Waals surface area contributed by atoms with Gasteiger partial charge in [-0.25, -0.2) is 4.39 Å². The van der Waals surface area contributed by atoms with Gasteiger partial charge in [-0.15, -0.1) is 10.2 Å². The fourth-order valence-corrected chi connectivity index (χ4v) is 4.36. The molecule has 7 nitrogen and oxygen atoms in total. The number of anilines is 1. The van der Waals surface area contributed by atoms with Crippen molar-refractivity contribution in [2.45, 2.75) is 24.8 Å². The van der Waals surface area contributed by atoms with E-state index in [0.29, 0.717) is 11.4 Å². The lowest BCUT2D eigenvalue weighted by atomic mass is 10.1. The van der Waals surface area contributed by atoms with Gasteiger partial charge in [0.15, 0.2) is 11.0 Å². The van der Waals surface area contributed by atoms with Crippen LogP contribution in [0, 0.1) is 12.7 Å². The Labute approximate surface area is 219 Å². The van der Waals surface area contributed by atoms with Crippen LogP contribution in [0.5, 0.6) is 0 Å². The van der Waals surface area contributed by atoms with Gasteiger partial charge < -0.3 is 10.6 Å². The van der Waals surface area contributed by atoms with E-state index in [0.717, 1.165) is 29.5 Å². The Bertz CT molecular complexity index is 1450. The molecule has 0 fully saturated rings. The lowest BCUT2D eigenvalue weighted by molar-refractivity contribution is -0.138. The molecule has 0 aliphatic carbocycles. The zero-order chi connectivity index (χ0) is 27.3. The highest BCUT2D eigenvalue weighted by Gasteiger charge is 2.34. The number of alkyl halides is 3. The van der Waals surface area contributed by atoms with Crippen LogP contribution >= 0.6 is 11.8 Å². The van der Waals surface area contributed by atoms with Gasteiger partial charge in [0.25, 0.3) is 5.91 Å². The molecular formula is C26H21F4N5O2S. The van der Waals surface area contributed by atoms with E-state index in [9.17, 15) is 27.2 Å². The van der Waals surface area contributed by atoms with Gasteiger partial charge in [-0.2, -0.15) is 13.2 Å². The summed E-state index contributed by atoms with van der Waals surface area (Å²) in [5.74, 6) is -1.58. The van der Waals surface area contributed by atoms with Crippen molar-refractivity contribution in [3.05, 3.63) is 101 Å². The van der Waals surface area contributed by atoms with Crippen LogP contribution in [0.4, 0.5) is 23.2 Å². The molecule has 0 atom stereocenters. The first-order chi connectivity index (χ1) is 18.1. The lowest BCUT2D eigenvalue weighted by Gasteiger charge is -2.13. The molecule has 0 unspecified atom stereocenters. The van der Waals surface area contributed by atoms with Gasteiger partial charge in [-0.3, -0.25) is 14.2 Å². The third-order valence-electron chi connectivity index (χ3n) is 5.30. The molecule has 3 aromatic carbocycles. The molecule has 0 aliphatic rings. The van der Waals surface area contributed by atoms with E-state index in [2.05, 4.69) is 20.8 Å². The largest absolute Gasteiger partial charge is 0.417 e. The van der Waals surface area contributed by atoms with Crippen LogP contribution < -0.4 is 10.6 Å². The summed E-state index contributed by atoms with van der Waals surface area (Å²) in [4.78, 5) is 25.1. The van der Waals surface area contributed by atoms with Gasteiger partial charge in [0, 0.05) is 11.4 Å². The van der Waals surface area contributed by atoms with E-state index >= 15 is 0 Å². The van der Waals surface area contributed by atoms with E-state index in [1.165, 1.54) is 41.0 Å². The zero-order valence-corrected chi connectivity index (χ0v) is 20.7. The van der Waals surface area contributed by atoms with E-state index in [4.69, 9.17) is 0 Å². The van der Waals surface area contributed by atoms with Crippen LogP contribution in [-0.4, -0.2) is 32.3 Å². The molecule has 0 bridgehead atoms. The van der Waals surface area contributed by atoms with Crippen LogP contribution in [0.25, 0.3) is 5.69 Å². The van der Waals surface area contributed by atoms with Crippen LogP contribution in [-0.2, 0) is 17.5 Å². The Balaban J connectivity index is 1.53. The fourth-order valence-electron chi connectivity index (χ4n) is 3.59. The van der Waals surface area contributed by atoms with Crippen molar-refractivity contribution in [2.24, 2.45) is 0 Å². The fraction of sp³-hybridized carbons (Fsp3) is 0.154. The molecular weight excluding hydrogens is 522 g/mol. The third-order valence-corrected chi connectivity index (χ3v) is 6.23. The molecule has 2 amide bonds. The standard InChI is InChI=1S/C26H21F4N5O2S/c1-16-5-4-6-18(13-16)32-23(36)15-38-25-34-33-22(35(25)19-11-9-17(27)10-12-19)14-31-24(37)20-7-2-3-8-21(20)26(28,29)30/h2-13H,14-15H2,1H3,(H,31,37)(H,32,36). The van der Waals surface area contributed by atoms with Crippen molar-refractivity contribution in [2.75, 3.05) is 11.1 Å². The van der Waals surface area contributed by atoms with Crippen molar-refractivity contribution in [3.63, 3.8) is 0 Å². The minimum absolute atomic E-state index is 0.0292. The number of benzene rings is 3. The molecule has 196 valence electrons. The number of aryl methyl sites for hydroxylation is 1. The Kier molecular flexibility index (Phi) is 8.10. The van der Waals surface area contributed by atoms with Gasteiger partial charge in [0.05, 0.1) is 23.4 Å². The van der Waals surface area contributed by atoms with E-state index in [1.807, 2.05) is 25.1 Å². The number of hydrogen-bond acceptors (Lipinski definition) is 5. The van der Waals surface area contributed by atoms with Crippen LogP contribution in [0.2, 0.25) is 0 Å². The molecule has 12 heteroatoms. The molecule has 0 radical (unpaired) electrons. The number of halogens is 4. The highest BCUT2D eigenvalue weighted by molar-refractivity contribution is 7.99. The minimum Gasteiger partial charge on any atom is -0.345 e. The maximum absolute atomic E-state index is 13.5. The first-order valence-corrected chi connectivity index (χ1v) is 12.2. The van der Waals surface area contributed by atoms with E-state index in [-0.39, 0.29) is 29.2 Å². The van der Waals surface area contributed by atoms with Crippen molar-refractivity contribution >= 4 is 29.3 Å². The average Bonchev–Trinajstić information content (AvgIpc) is 3.29. The summed E-state index contributed by atoms with van der Waals surface area (Å²) >= 11 is 1.06. The zero-order valence-electron chi connectivity index (χ0n) is 19.9. The molecule has 38 heavy (non-hydrogen) atoms. The predicted molar refractivity (Wildman–Crippen MR) is 134 cm³/mol. The van der Waals surface area contributed by atoms with Crippen LogP contribution in [0.3, 0.4) is 0 Å². The number of aromatic nitrogens is 3. The maximum Gasteiger partial charge on any atom is 0.417 e. The Morgan fingerprint density at radius 2 is 1.71 bits per heavy atom. The number of carbonyl (C=O) groups is 2. The van der Waals surface area contributed by atoms with Gasteiger partial charge >= 0.3 is 6.18 Å². The number of rotatable bonds is 8. The summed E-state index contributed by atoms with van der Waals surface area (Å²) in [5, 5.41) is 13.6. The quantitative estimate of drug-likeness (QED) is 0.230. The average molecular weight is 544 g/mol. The summed E-state index contributed by atoms with van der Waals surface area (Å²) in [6, 6.07) is 17.1. The van der Waals surface area contributed by atoms with Crippen molar-refractivity contribution in [3.8, 4) is 5.69 Å². The summed E-state index contributed by atoms with van der Waals surface area (Å²) in [6.45, 7) is 1.63. The molecule has 0 saturated carbocycles. The molecule has 0 aliphatic heterocycles. The molecule has 1 aromatic heterocycles. The second kappa shape index (κ2) is 11.5. The monoisotopic (exact) mass is 543 g/mol. The number of carbonyl (C=O) groups excluding carboxylic acids is 2. The Morgan fingerprint density at radius 3 is 2.42 bits per heavy atom. The molecule has 0 saturated heterocycles. The van der Waals surface area contributed by atoms with Gasteiger partial charge in [-0.05, 0) is 61.0 Å². The Morgan fingerprint density at radius 1 is 0.974 bits per heavy atom. The Hall–Kier alpha value is -4.19. The van der Waals surface area contributed by atoms with Gasteiger partial charge in [0.1, 0.15) is 5.82 Å². The molecule has 2 N–H and O–H groups in total. The number of nitrogens with zero attached hydrogens (tertiary/aromatic N) is 3. The number of nitrogens with one attached hydrogen (secondary N) is 2. The maximum atomic E-state index is 13.5. The first kappa shape index (κ1) is 26.9. The number of hydrogen-bond donors (Lipinski definition) is 2. The van der Waals surface area contributed by atoms with Crippen LogP contribution in [0.15, 0.2) is 78.0 Å². The van der Waals surface area contributed by atoms with Gasteiger partial charge in [0.2, 0.25) is 5.91 Å².